The minimum absolute atomic E-state index is 0.132. The fraction of sp³-hybridized carbons (Fsp3) is 0.200. The van der Waals surface area contributed by atoms with E-state index in [1.807, 2.05) is 12.1 Å². The molecule has 0 bridgehead atoms. The van der Waals surface area contributed by atoms with Crippen LogP contribution in [0.4, 0.5) is 10.1 Å². The summed E-state index contributed by atoms with van der Waals surface area (Å²) in [5.41, 5.74) is 2.06. The van der Waals surface area contributed by atoms with Gasteiger partial charge < -0.3 is 10.1 Å². The van der Waals surface area contributed by atoms with Crippen LogP contribution in [0.15, 0.2) is 54.6 Å². The molecule has 1 unspecified atom stereocenters. The molecule has 0 heterocycles. The molecule has 2 nitrogen and oxygen atoms in total. The van der Waals surface area contributed by atoms with Gasteiger partial charge in [-0.3, -0.25) is 0 Å². The number of hydrogen-bond acceptors (Lipinski definition) is 2. The minimum Gasteiger partial charge on any atom is -0.497 e. The van der Waals surface area contributed by atoms with Crippen LogP contribution in [-0.4, -0.2) is 13.7 Å². The summed E-state index contributed by atoms with van der Waals surface area (Å²) in [6, 6.07) is 17.2. The zero-order valence-corrected chi connectivity index (χ0v) is 14.4. The summed E-state index contributed by atoms with van der Waals surface area (Å²) in [5.74, 6) is 0.763. The Morgan fingerprint density at radius 3 is 2.54 bits per heavy atom. The van der Waals surface area contributed by atoms with Crippen molar-refractivity contribution in [3.63, 3.8) is 0 Å². The molecular weight excluding hydrogens is 325 g/mol. The molecule has 0 saturated carbocycles. The monoisotopic (exact) mass is 343 g/mol. The molecule has 3 aromatic carbocycles. The van der Waals surface area contributed by atoms with Gasteiger partial charge in [0.2, 0.25) is 0 Å². The van der Waals surface area contributed by atoms with Gasteiger partial charge in [-0.15, -0.1) is 0 Å². The predicted octanol–water partition coefficient (Wildman–Crippen LogP) is 5.86. The minimum atomic E-state index is -0.403. The summed E-state index contributed by atoms with van der Waals surface area (Å²) < 4.78 is 18.5. The standard InChI is InChI=1S/C20H19ClFNO/c1-13(12-23-17-6-8-20(22)19(21)11-17)14-3-4-16-10-18(24-2)7-5-15(16)9-14/h3-11,13,23H,12H2,1-2H3. The Labute approximate surface area is 146 Å². The zero-order chi connectivity index (χ0) is 17.1. The molecule has 0 saturated heterocycles. The number of halogens is 2. The van der Waals surface area contributed by atoms with Crippen molar-refractivity contribution in [2.45, 2.75) is 12.8 Å². The second kappa shape index (κ2) is 7.10. The van der Waals surface area contributed by atoms with Crippen LogP contribution >= 0.6 is 11.6 Å². The third-order valence-corrected chi connectivity index (χ3v) is 4.46. The second-order valence-electron chi connectivity index (χ2n) is 5.88. The number of nitrogens with one attached hydrogen (secondary N) is 1. The molecule has 1 N–H and O–H groups in total. The smallest absolute Gasteiger partial charge is 0.141 e. The lowest BCUT2D eigenvalue weighted by Gasteiger charge is -2.15. The first-order chi connectivity index (χ1) is 11.6. The third kappa shape index (κ3) is 3.62. The van der Waals surface area contributed by atoms with Gasteiger partial charge in [0.15, 0.2) is 0 Å². The first-order valence-electron chi connectivity index (χ1n) is 7.83. The van der Waals surface area contributed by atoms with E-state index in [4.69, 9.17) is 16.3 Å². The van der Waals surface area contributed by atoms with E-state index in [2.05, 4.69) is 36.5 Å². The quantitative estimate of drug-likeness (QED) is 0.626. The van der Waals surface area contributed by atoms with Crippen molar-refractivity contribution in [1.82, 2.24) is 0 Å². The highest BCUT2D eigenvalue weighted by Crippen LogP contribution is 2.26. The van der Waals surface area contributed by atoms with Crippen molar-refractivity contribution >= 4 is 28.1 Å². The Kier molecular flexibility index (Phi) is 4.91. The van der Waals surface area contributed by atoms with Gasteiger partial charge in [-0.25, -0.2) is 4.39 Å². The molecule has 124 valence electrons. The van der Waals surface area contributed by atoms with Crippen LogP contribution in [0.25, 0.3) is 10.8 Å². The first kappa shape index (κ1) is 16.6. The van der Waals surface area contributed by atoms with E-state index in [-0.39, 0.29) is 5.02 Å². The normalized spacial score (nSPS) is 12.2. The molecule has 1 atom stereocenters. The van der Waals surface area contributed by atoms with Crippen molar-refractivity contribution in [2.75, 3.05) is 19.0 Å². The molecule has 0 spiro atoms. The van der Waals surface area contributed by atoms with Crippen LogP contribution in [0.3, 0.4) is 0 Å². The van der Waals surface area contributed by atoms with Gasteiger partial charge in [-0.2, -0.15) is 0 Å². The van der Waals surface area contributed by atoms with E-state index in [9.17, 15) is 4.39 Å². The van der Waals surface area contributed by atoms with Crippen molar-refractivity contribution in [3.05, 3.63) is 71.0 Å². The van der Waals surface area contributed by atoms with Crippen LogP contribution in [0.5, 0.6) is 5.75 Å². The lowest BCUT2D eigenvalue weighted by molar-refractivity contribution is 0.415. The number of ether oxygens (including phenoxy) is 1. The molecule has 0 aliphatic heterocycles. The number of hydrogen-bond donors (Lipinski definition) is 1. The Morgan fingerprint density at radius 1 is 1.04 bits per heavy atom. The maximum Gasteiger partial charge on any atom is 0.141 e. The van der Waals surface area contributed by atoms with Crippen molar-refractivity contribution in [1.29, 1.82) is 0 Å². The SMILES string of the molecule is COc1ccc2cc(C(C)CNc3ccc(F)c(Cl)c3)ccc2c1. The van der Waals surface area contributed by atoms with E-state index in [1.54, 1.807) is 19.2 Å². The van der Waals surface area contributed by atoms with Gasteiger partial charge in [-0.1, -0.05) is 42.8 Å². The highest BCUT2D eigenvalue weighted by molar-refractivity contribution is 6.31. The Morgan fingerprint density at radius 2 is 1.79 bits per heavy atom. The van der Waals surface area contributed by atoms with Gasteiger partial charge in [-0.05, 0) is 52.6 Å². The predicted molar refractivity (Wildman–Crippen MR) is 98.8 cm³/mol. The molecule has 3 aromatic rings. The van der Waals surface area contributed by atoms with Crippen LogP contribution in [-0.2, 0) is 0 Å². The molecule has 24 heavy (non-hydrogen) atoms. The van der Waals surface area contributed by atoms with Gasteiger partial charge in [0.05, 0.1) is 12.1 Å². The van der Waals surface area contributed by atoms with Crippen molar-refractivity contribution in [2.24, 2.45) is 0 Å². The van der Waals surface area contributed by atoms with E-state index < -0.39 is 5.82 Å². The van der Waals surface area contributed by atoms with Gasteiger partial charge >= 0.3 is 0 Å². The fourth-order valence-electron chi connectivity index (χ4n) is 2.67. The largest absolute Gasteiger partial charge is 0.497 e. The Hall–Kier alpha value is -2.26. The lowest BCUT2D eigenvalue weighted by atomic mass is 9.97. The number of fused-ring (bicyclic) bond motifs is 1. The summed E-state index contributed by atoms with van der Waals surface area (Å²) in [6.45, 7) is 2.90. The highest BCUT2D eigenvalue weighted by atomic mass is 35.5. The lowest BCUT2D eigenvalue weighted by Crippen LogP contribution is -2.09. The van der Waals surface area contributed by atoms with Gasteiger partial charge in [0, 0.05) is 12.2 Å². The van der Waals surface area contributed by atoms with Gasteiger partial charge in [0.1, 0.15) is 11.6 Å². The highest BCUT2D eigenvalue weighted by Gasteiger charge is 2.08. The molecule has 0 aliphatic rings. The van der Waals surface area contributed by atoms with Crippen LogP contribution in [0, 0.1) is 5.82 Å². The number of rotatable bonds is 5. The summed E-state index contributed by atoms with van der Waals surface area (Å²) >= 11 is 5.81. The number of benzene rings is 3. The Balaban J connectivity index is 1.73. The second-order valence-corrected chi connectivity index (χ2v) is 6.29. The van der Waals surface area contributed by atoms with E-state index in [0.29, 0.717) is 5.92 Å². The molecule has 0 fully saturated rings. The molecule has 3 rings (SSSR count). The zero-order valence-electron chi connectivity index (χ0n) is 13.6. The Bertz CT molecular complexity index is 865. The maximum absolute atomic E-state index is 13.2. The third-order valence-electron chi connectivity index (χ3n) is 4.17. The summed E-state index contributed by atoms with van der Waals surface area (Å²) in [4.78, 5) is 0. The fourth-order valence-corrected chi connectivity index (χ4v) is 2.85. The molecule has 0 aliphatic carbocycles. The molecule has 4 heteroatoms. The average molecular weight is 344 g/mol. The maximum atomic E-state index is 13.2. The van der Waals surface area contributed by atoms with Crippen LogP contribution < -0.4 is 10.1 Å². The number of anilines is 1. The van der Waals surface area contributed by atoms with Crippen molar-refractivity contribution < 1.29 is 9.13 Å². The molecule has 0 aromatic heterocycles. The van der Waals surface area contributed by atoms with Crippen molar-refractivity contribution in [3.8, 4) is 5.75 Å². The first-order valence-corrected chi connectivity index (χ1v) is 8.21. The molecular formula is C20H19ClFNO. The summed E-state index contributed by atoms with van der Waals surface area (Å²) in [5, 5.41) is 5.78. The van der Waals surface area contributed by atoms with E-state index >= 15 is 0 Å². The summed E-state index contributed by atoms with van der Waals surface area (Å²) in [6.07, 6.45) is 0. The molecule has 0 amide bonds. The summed E-state index contributed by atoms with van der Waals surface area (Å²) in [7, 11) is 1.67. The average Bonchev–Trinajstić information content (AvgIpc) is 2.61. The van der Waals surface area contributed by atoms with Gasteiger partial charge in [0.25, 0.3) is 0 Å². The van der Waals surface area contributed by atoms with Crippen LogP contribution in [0.1, 0.15) is 18.4 Å². The topological polar surface area (TPSA) is 21.3 Å². The molecule has 0 radical (unpaired) electrons. The van der Waals surface area contributed by atoms with E-state index in [0.717, 1.165) is 23.4 Å². The van der Waals surface area contributed by atoms with E-state index in [1.165, 1.54) is 17.0 Å². The van der Waals surface area contributed by atoms with Crippen LogP contribution in [0.2, 0.25) is 5.02 Å². The number of methoxy groups -OCH3 is 1.